The summed E-state index contributed by atoms with van der Waals surface area (Å²) in [5, 5.41) is 10.3. The quantitative estimate of drug-likeness (QED) is 0.817. The monoisotopic (exact) mass is 253 g/mol. The molecular weight excluding hydrogens is 222 g/mol. The van der Waals surface area contributed by atoms with E-state index in [1.165, 1.54) is 32.4 Å². The van der Waals surface area contributed by atoms with Crippen LogP contribution in [0.5, 0.6) is 0 Å². The minimum absolute atomic E-state index is 0.0828. The first-order valence-corrected chi connectivity index (χ1v) is 7.91. The first-order valence-electron chi connectivity index (χ1n) is 7.91. The third-order valence-corrected chi connectivity index (χ3v) is 5.60. The van der Waals surface area contributed by atoms with E-state index in [9.17, 15) is 5.11 Å². The fraction of sp³-hybridized carbons (Fsp3) is 1.00. The van der Waals surface area contributed by atoms with Gasteiger partial charge >= 0.3 is 0 Å². The molecule has 0 aromatic heterocycles. The Labute approximate surface area is 113 Å². The van der Waals surface area contributed by atoms with Crippen LogP contribution in [-0.2, 0) is 0 Å². The topological polar surface area (TPSA) is 23.5 Å². The Kier molecular flexibility index (Phi) is 4.71. The summed E-state index contributed by atoms with van der Waals surface area (Å²) in [5.41, 5.74) is 0. The second-order valence-corrected chi connectivity index (χ2v) is 7.19. The van der Waals surface area contributed by atoms with E-state index < -0.39 is 0 Å². The molecule has 18 heavy (non-hydrogen) atoms. The predicted octanol–water partition coefficient (Wildman–Crippen LogP) is 3.15. The first-order chi connectivity index (χ1) is 8.49. The molecule has 0 bridgehead atoms. The summed E-state index contributed by atoms with van der Waals surface area (Å²) < 4.78 is 0. The highest BCUT2D eigenvalue weighted by Gasteiger charge is 2.36. The van der Waals surface area contributed by atoms with E-state index in [1.54, 1.807) is 0 Å². The highest BCUT2D eigenvalue weighted by Crippen LogP contribution is 2.35. The molecule has 1 saturated heterocycles. The van der Waals surface area contributed by atoms with Crippen LogP contribution in [0, 0.1) is 23.7 Å². The van der Waals surface area contributed by atoms with Crippen LogP contribution in [0.4, 0.5) is 0 Å². The summed E-state index contributed by atoms with van der Waals surface area (Å²) in [4.78, 5) is 2.59. The third kappa shape index (κ3) is 3.08. The van der Waals surface area contributed by atoms with Crippen LogP contribution in [0.1, 0.15) is 53.4 Å². The molecule has 2 fully saturated rings. The number of rotatable bonds is 2. The average molecular weight is 253 g/mol. The van der Waals surface area contributed by atoms with Gasteiger partial charge in [0.1, 0.15) is 0 Å². The van der Waals surface area contributed by atoms with Crippen molar-refractivity contribution in [2.24, 2.45) is 23.7 Å². The second kappa shape index (κ2) is 5.92. The SMILES string of the molecule is CC(C)C1CCC(O)C(N2CCC(C)C(C)C2)C1. The lowest BCUT2D eigenvalue weighted by Gasteiger charge is -2.46. The molecular formula is C16H31NO. The van der Waals surface area contributed by atoms with Crippen LogP contribution in [-0.4, -0.2) is 35.2 Å². The predicted molar refractivity (Wildman–Crippen MR) is 76.5 cm³/mol. The molecule has 0 aromatic carbocycles. The van der Waals surface area contributed by atoms with Crippen molar-refractivity contribution >= 4 is 0 Å². The lowest BCUT2D eigenvalue weighted by molar-refractivity contribution is -0.0269. The molecule has 0 aromatic rings. The largest absolute Gasteiger partial charge is 0.391 e. The van der Waals surface area contributed by atoms with Gasteiger partial charge in [-0.3, -0.25) is 4.90 Å². The maximum absolute atomic E-state index is 10.3. The molecule has 0 spiro atoms. The van der Waals surface area contributed by atoms with Gasteiger partial charge in [-0.1, -0.05) is 27.7 Å². The van der Waals surface area contributed by atoms with Crippen molar-refractivity contribution in [2.45, 2.75) is 65.5 Å². The van der Waals surface area contributed by atoms with Crippen molar-refractivity contribution in [1.29, 1.82) is 0 Å². The van der Waals surface area contributed by atoms with Gasteiger partial charge in [0.15, 0.2) is 0 Å². The van der Waals surface area contributed by atoms with E-state index >= 15 is 0 Å². The van der Waals surface area contributed by atoms with Gasteiger partial charge in [-0.05, 0) is 55.9 Å². The summed E-state index contributed by atoms with van der Waals surface area (Å²) in [6.07, 6.45) is 4.65. The zero-order chi connectivity index (χ0) is 13.3. The molecule has 2 nitrogen and oxygen atoms in total. The lowest BCUT2D eigenvalue weighted by Crippen LogP contribution is -2.52. The molecule has 5 unspecified atom stereocenters. The van der Waals surface area contributed by atoms with Crippen LogP contribution >= 0.6 is 0 Å². The number of hydrogen-bond acceptors (Lipinski definition) is 2. The second-order valence-electron chi connectivity index (χ2n) is 7.19. The molecule has 1 aliphatic heterocycles. The van der Waals surface area contributed by atoms with Crippen LogP contribution in [0.25, 0.3) is 0 Å². The van der Waals surface area contributed by atoms with Gasteiger partial charge in [0.05, 0.1) is 6.10 Å². The molecule has 1 heterocycles. The van der Waals surface area contributed by atoms with E-state index in [4.69, 9.17) is 0 Å². The minimum atomic E-state index is -0.0828. The summed E-state index contributed by atoms with van der Waals surface area (Å²) in [7, 11) is 0. The molecule has 5 atom stereocenters. The van der Waals surface area contributed by atoms with Gasteiger partial charge in [-0.2, -0.15) is 0 Å². The zero-order valence-corrected chi connectivity index (χ0v) is 12.6. The Morgan fingerprint density at radius 1 is 1.06 bits per heavy atom. The molecule has 2 heteroatoms. The molecule has 106 valence electrons. The molecule has 2 rings (SSSR count). The highest BCUT2D eigenvalue weighted by atomic mass is 16.3. The van der Waals surface area contributed by atoms with Gasteiger partial charge in [0.2, 0.25) is 0 Å². The minimum Gasteiger partial charge on any atom is -0.391 e. The summed E-state index contributed by atoms with van der Waals surface area (Å²) >= 11 is 0. The van der Waals surface area contributed by atoms with Crippen molar-refractivity contribution in [1.82, 2.24) is 4.90 Å². The molecule has 1 saturated carbocycles. The van der Waals surface area contributed by atoms with Gasteiger partial charge in [-0.15, -0.1) is 0 Å². The Balaban J connectivity index is 1.97. The van der Waals surface area contributed by atoms with E-state index in [1.807, 2.05) is 0 Å². The fourth-order valence-corrected chi connectivity index (χ4v) is 3.76. The molecule has 1 aliphatic carbocycles. The Morgan fingerprint density at radius 2 is 1.78 bits per heavy atom. The Bertz CT molecular complexity index is 266. The molecule has 1 N–H and O–H groups in total. The van der Waals surface area contributed by atoms with Crippen molar-refractivity contribution in [3.63, 3.8) is 0 Å². The maximum atomic E-state index is 10.3. The van der Waals surface area contributed by atoms with E-state index in [0.717, 1.165) is 30.1 Å². The first kappa shape index (κ1) is 14.3. The summed E-state index contributed by atoms with van der Waals surface area (Å²) in [6.45, 7) is 11.8. The fourth-order valence-electron chi connectivity index (χ4n) is 3.76. The van der Waals surface area contributed by atoms with Crippen LogP contribution in [0.15, 0.2) is 0 Å². The van der Waals surface area contributed by atoms with Crippen LogP contribution in [0.2, 0.25) is 0 Å². The Hall–Kier alpha value is -0.0800. The smallest absolute Gasteiger partial charge is 0.0695 e. The molecule has 0 amide bonds. The van der Waals surface area contributed by atoms with Gasteiger partial charge in [-0.25, -0.2) is 0 Å². The third-order valence-electron chi connectivity index (χ3n) is 5.60. The lowest BCUT2D eigenvalue weighted by atomic mass is 9.76. The van der Waals surface area contributed by atoms with Crippen LogP contribution in [0.3, 0.4) is 0 Å². The summed E-state index contributed by atoms with van der Waals surface area (Å²) in [5.74, 6) is 3.21. The van der Waals surface area contributed by atoms with E-state index in [2.05, 4.69) is 32.6 Å². The van der Waals surface area contributed by atoms with Crippen molar-refractivity contribution < 1.29 is 5.11 Å². The van der Waals surface area contributed by atoms with Gasteiger partial charge in [0, 0.05) is 12.6 Å². The van der Waals surface area contributed by atoms with Crippen molar-refractivity contribution in [3.8, 4) is 0 Å². The number of piperidine rings is 1. The maximum Gasteiger partial charge on any atom is 0.0695 e. The number of aliphatic hydroxyl groups is 1. The van der Waals surface area contributed by atoms with E-state index in [0.29, 0.717) is 6.04 Å². The van der Waals surface area contributed by atoms with Crippen molar-refractivity contribution in [3.05, 3.63) is 0 Å². The average Bonchev–Trinajstić information content (AvgIpc) is 2.33. The standard InChI is InChI=1S/C16H31NO/c1-11(2)14-5-6-16(18)15(9-14)17-8-7-12(3)13(4)10-17/h11-16,18H,5-10H2,1-4H3. The number of nitrogens with zero attached hydrogens (tertiary/aromatic N) is 1. The number of aliphatic hydroxyl groups excluding tert-OH is 1. The number of hydrogen-bond donors (Lipinski definition) is 1. The van der Waals surface area contributed by atoms with Gasteiger partial charge in [0.25, 0.3) is 0 Å². The highest BCUT2D eigenvalue weighted by molar-refractivity contribution is 4.90. The Morgan fingerprint density at radius 3 is 2.39 bits per heavy atom. The normalized spacial score (nSPS) is 43.3. The zero-order valence-electron chi connectivity index (χ0n) is 12.6. The number of likely N-dealkylation sites (tertiary alicyclic amines) is 1. The molecule has 0 radical (unpaired) electrons. The summed E-state index contributed by atoms with van der Waals surface area (Å²) in [6, 6.07) is 0.432. The van der Waals surface area contributed by atoms with Crippen molar-refractivity contribution in [2.75, 3.05) is 13.1 Å². The molecule has 2 aliphatic rings. The van der Waals surface area contributed by atoms with Gasteiger partial charge < -0.3 is 5.11 Å². The van der Waals surface area contributed by atoms with E-state index in [-0.39, 0.29) is 6.10 Å². The van der Waals surface area contributed by atoms with Crippen LogP contribution < -0.4 is 0 Å².